The third kappa shape index (κ3) is 4.93. The van der Waals surface area contributed by atoms with Crippen molar-refractivity contribution >= 4 is 17.5 Å². The number of likely N-dealkylation sites (tertiary alicyclic amines) is 1. The first-order chi connectivity index (χ1) is 11.1. The van der Waals surface area contributed by atoms with Gasteiger partial charge in [-0.05, 0) is 49.5 Å². The maximum atomic E-state index is 12.3. The lowest BCUT2D eigenvalue weighted by atomic mass is 10.1. The monoisotopic (exact) mass is 316 g/mol. The zero-order valence-electron chi connectivity index (χ0n) is 13.3. The first kappa shape index (κ1) is 17.2. The van der Waals surface area contributed by atoms with E-state index in [0.717, 1.165) is 24.9 Å². The third-order valence-electron chi connectivity index (χ3n) is 4.19. The summed E-state index contributed by atoms with van der Waals surface area (Å²) in [6.07, 6.45) is 5.06. The second kappa shape index (κ2) is 8.48. The zero-order valence-corrected chi connectivity index (χ0v) is 13.3. The number of aliphatic hydroxyl groups excluding tert-OH is 1. The molecule has 1 atom stereocenters. The molecular weight excluding hydrogens is 292 g/mol. The highest BCUT2D eigenvalue weighted by Gasteiger charge is 2.27. The summed E-state index contributed by atoms with van der Waals surface area (Å²) in [5, 5.41) is 11.8. The Bertz CT molecular complexity index is 554. The minimum atomic E-state index is -0.239. The number of carbonyl (C=O) groups is 2. The van der Waals surface area contributed by atoms with E-state index in [-0.39, 0.29) is 24.5 Å². The standard InChI is InChI=1S/C18H24N2O3/c1-2-17(22)19-15-8-5-14(6-9-15)7-10-18(23)20-12-3-4-16(20)11-13-21/h2,5-6,8-9,16,21H,1,3-4,7,10-13H2,(H,19,22). The highest BCUT2D eigenvalue weighted by molar-refractivity contribution is 5.98. The molecule has 0 aliphatic carbocycles. The number of carbonyl (C=O) groups excluding carboxylic acids is 2. The molecule has 1 fully saturated rings. The van der Waals surface area contributed by atoms with Crippen molar-refractivity contribution in [3.8, 4) is 0 Å². The van der Waals surface area contributed by atoms with Crippen LogP contribution in [0.3, 0.4) is 0 Å². The second-order valence-corrected chi connectivity index (χ2v) is 5.79. The number of rotatable bonds is 7. The van der Waals surface area contributed by atoms with Gasteiger partial charge < -0.3 is 15.3 Å². The lowest BCUT2D eigenvalue weighted by molar-refractivity contribution is -0.132. The maximum absolute atomic E-state index is 12.3. The van der Waals surface area contributed by atoms with Crippen molar-refractivity contribution in [2.75, 3.05) is 18.5 Å². The molecule has 2 rings (SSSR count). The van der Waals surface area contributed by atoms with E-state index in [9.17, 15) is 9.59 Å². The second-order valence-electron chi connectivity index (χ2n) is 5.79. The molecule has 5 nitrogen and oxygen atoms in total. The summed E-state index contributed by atoms with van der Waals surface area (Å²) in [6, 6.07) is 7.68. The van der Waals surface area contributed by atoms with E-state index in [1.165, 1.54) is 6.08 Å². The van der Waals surface area contributed by atoms with Crippen molar-refractivity contribution in [1.29, 1.82) is 0 Å². The minimum absolute atomic E-state index is 0.131. The molecule has 2 N–H and O–H groups in total. The minimum Gasteiger partial charge on any atom is -0.396 e. The van der Waals surface area contributed by atoms with Gasteiger partial charge in [-0.25, -0.2) is 0 Å². The van der Waals surface area contributed by atoms with Gasteiger partial charge in [0.2, 0.25) is 11.8 Å². The maximum Gasteiger partial charge on any atom is 0.247 e. The SMILES string of the molecule is C=CC(=O)Nc1ccc(CCC(=O)N2CCCC2CCO)cc1. The van der Waals surface area contributed by atoms with Crippen LogP contribution in [0, 0.1) is 0 Å². The molecule has 124 valence electrons. The van der Waals surface area contributed by atoms with Crippen molar-refractivity contribution in [1.82, 2.24) is 4.90 Å². The number of benzene rings is 1. The topological polar surface area (TPSA) is 69.6 Å². The average molecular weight is 316 g/mol. The van der Waals surface area contributed by atoms with Crippen LogP contribution in [0.4, 0.5) is 5.69 Å². The van der Waals surface area contributed by atoms with Gasteiger partial charge in [-0.1, -0.05) is 18.7 Å². The van der Waals surface area contributed by atoms with E-state index in [4.69, 9.17) is 5.11 Å². The quantitative estimate of drug-likeness (QED) is 0.757. The van der Waals surface area contributed by atoms with Crippen LogP contribution in [0.5, 0.6) is 0 Å². The number of amides is 2. The first-order valence-corrected chi connectivity index (χ1v) is 8.06. The van der Waals surface area contributed by atoms with Gasteiger partial charge in [0.25, 0.3) is 0 Å². The summed E-state index contributed by atoms with van der Waals surface area (Å²) in [7, 11) is 0. The van der Waals surface area contributed by atoms with Crippen LogP contribution in [0.15, 0.2) is 36.9 Å². The van der Waals surface area contributed by atoms with Crippen molar-refractivity contribution in [3.05, 3.63) is 42.5 Å². The Hall–Kier alpha value is -2.14. The number of anilines is 1. The van der Waals surface area contributed by atoms with Gasteiger partial charge in [-0.3, -0.25) is 9.59 Å². The van der Waals surface area contributed by atoms with Crippen molar-refractivity contribution in [2.45, 2.75) is 38.1 Å². The molecule has 0 bridgehead atoms. The highest BCUT2D eigenvalue weighted by atomic mass is 16.3. The fraction of sp³-hybridized carbons (Fsp3) is 0.444. The van der Waals surface area contributed by atoms with Crippen LogP contribution in [0.25, 0.3) is 0 Å². The summed E-state index contributed by atoms with van der Waals surface area (Å²) in [6.45, 7) is 4.34. The smallest absolute Gasteiger partial charge is 0.247 e. The van der Waals surface area contributed by atoms with Crippen molar-refractivity contribution in [2.24, 2.45) is 0 Å². The molecular formula is C18H24N2O3. The Balaban J connectivity index is 1.84. The number of nitrogens with one attached hydrogen (secondary N) is 1. The molecule has 1 aliphatic rings. The van der Waals surface area contributed by atoms with Gasteiger partial charge in [-0.2, -0.15) is 0 Å². The normalized spacial score (nSPS) is 17.1. The van der Waals surface area contributed by atoms with Crippen LogP contribution >= 0.6 is 0 Å². The summed E-state index contributed by atoms with van der Waals surface area (Å²) >= 11 is 0. The fourth-order valence-corrected chi connectivity index (χ4v) is 2.96. The number of aryl methyl sites for hydroxylation is 1. The zero-order chi connectivity index (χ0) is 16.7. The molecule has 0 saturated carbocycles. The summed E-state index contributed by atoms with van der Waals surface area (Å²) < 4.78 is 0. The van der Waals surface area contributed by atoms with E-state index in [1.807, 2.05) is 29.2 Å². The molecule has 1 heterocycles. The first-order valence-electron chi connectivity index (χ1n) is 8.06. The van der Waals surface area contributed by atoms with Crippen LogP contribution in [-0.4, -0.2) is 41.0 Å². The summed E-state index contributed by atoms with van der Waals surface area (Å²) in [5.41, 5.74) is 1.78. The van der Waals surface area contributed by atoms with E-state index >= 15 is 0 Å². The van der Waals surface area contributed by atoms with E-state index < -0.39 is 0 Å². The molecule has 1 unspecified atom stereocenters. The van der Waals surface area contributed by atoms with Gasteiger partial charge in [-0.15, -0.1) is 0 Å². The van der Waals surface area contributed by atoms with Crippen molar-refractivity contribution < 1.29 is 14.7 Å². The molecule has 0 radical (unpaired) electrons. The number of hydrogen-bond donors (Lipinski definition) is 2. The Morgan fingerprint density at radius 1 is 1.35 bits per heavy atom. The molecule has 1 aromatic rings. The van der Waals surface area contributed by atoms with E-state index in [1.54, 1.807) is 0 Å². The Morgan fingerprint density at radius 3 is 2.74 bits per heavy atom. The van der Waals surface area contributed by atoms with Gasteiger partial charge >= 0.3 is 0 Å². The van der Waals surface area contributed by atoms with Gasteiger partial charge in [0.05, 0.1) is 0 Å². The molecule has 1 saturated heterocycles. The average Bonchev–Trinajstić information content (AvgIpc) is 3.02. The van der Waals surface area contributed by atoms with E-state index in [2.05, 4.69) is 11.9 Å². The number of hydrogen-bond acceptors (Lipinski definition) is 3. The van der Waals surface area contributed by atoms with Crippen LogP contribution in [0.2, 0.25) is 0 Å². The third-order valence-corrected chi connectivity index (χ3v) is 4.19. The predicted octanol–water partition coefficient (Wildman–Crippen LogP) is 2.12. The van der Waals surface area contributed by atoms with Crippen LogP contribution in [-0.2, 0) is 16.0 Å². The largest absolute Gasteiger partial charge is 0.396 e. The molecule has 1 aromatic carbocycles. The predicted molar refractivity (Wildman–Crippen MR) is 90.0 cm³/mol. The Morgan fingerprint density at radius 2 is 2.09 bits per heavy atom. The Labute approximate surface area is 137 Å². The summed E-state index contributed by atoms with van der Waals surface area (Å²) in [4.78, 5) is 25.5. The van der Waals surface area contributed by atoms with Crippen LogP contribution in [0.1, 0.15) is 31.2 Å². The lowest BCUT2D eigenvalue weighted by Crippen LogP contribution is -2.36. The van der Waals surface area contributed by atoms with Gasteiger partial charge in [0, 0.05) is 31.3 Å². The molecule has 1 aliphatic heterocycles. The molecule has 2 amide bonds. The molecule has 0 aromatic heterocycles. The van der Waals surface area contributed by atoms with Crippen LogP contribution < -0.4 is 5.32 Å². The van der Waals surface area contributed by atoms with Gasteiger partial charge in [0.1, 0.15) is 0 Å². The lowest BCUT2D eigenvalue weighted by Gasteiger charge is -2.24. The molecule has 5 heteroatoms. The summed E-state index contributed by atoms with van der Waals surface area (Å²) in [5.74, 6) is -0.0816. The van der Waals surface area contributed by atoms with Crippen molar-refractivity contribution in [3.63, 3.8) is 0 Å². The number of aliphatic hydroxyl groups is 1. The Kier molecular flexibility index (Phi) is 6.35. The van der Waals surface area contributed by atoms with E-state index in [0.29, 0.717) is 24.9 Å². The fourth-order valence-electron chi connectivity index (χ4n) is 2.96. The van der Waals surface area contributed by atoms with Gasteiger partial charge in [0.15, 0.2) is 0 Å². The molecule has 23 heavy (non-hydrogen) atoms. The molecule has 0 spiro atoms. The number of nitrogens with zero attached hydrogens (tertiary/aromatic N) is 1. The highest BCUT2D eigenvalue weighted by Crippen LogP contribution is 2.21.